The van der Waals surface area contributed by atoms with Gasteiger partial charge in [0.2, 0.25) is 5.91 Å². The molecule has 2 aliphatic carbocycles. The van der Waals surface area contributed by atoms with Gasteiger partial charge in [0.25, 0.3) is 0 Å². The number of carbonyl (C=O) groups excluding carboxylic acids is 1. The van der Waals surface area contributed by atoms with Crippen LogP contribution in [-0.2, 0) is 9.53 Å². The molecular formula is C21H41N3O2. The lowest BCUT2D eigenvalue weighted by molar-refractivity contribution is -0.127. The summed E-state index contributed by atoms with van der Waals surface area (Å²) >= 11 is 0. The summed E-state index contributed by atoms with van der Waals surface area (Å²) in [5.41, 5.74) is 6.01. The van der Waals surface area contributed by atoms with E-state index in [9.17, 15) is 4.79 Å². The van der Waals surface area contributed by atoms with Crippen LogP contribution in [0, 0.1) is 11.8 Å². The summed E-state index contributed by atoms with van der Waals surface area (Å²) in [6, 6.07) is 0.538. The molecule has 3 atom stereocenters. The van der Waals surface area contributed by atoms with Crippen molar-refractivity contribution in [2.45, 2.75) is 88.6 Å². The maximum atomic E-state index is 12.6. The second-order valence-electron chi connectivity index (χ2n) is 8.66. The Morgan fingerprint density at radius 1 is 1.12 bits per heavy atom. The number of hydrogen-bond acceptors (Lipinski definition) is 4. The molecule has 5 nitrogen and oxygen atoms in total. The van der Waals surface area contributed by atoms with Gasteiger partial charge in [-0.25, -0.2) is 0 Å². The fraction of sp³-hybridized carbons (Fsp3) is 0.952. The number of carbonyl (C=O) groups is 1. The average Bonchev–Trinajstić information content (AvgIpc) is 2.67. The number of nitrogens with one attached hydrogen (secondary N) is 2. The van der Waals surface area contributed by atoms with Gasteiger partial charge >= 0.3 is 0 Å². The molecule has 2 fully saturated rings. The summed E-state index contributed by atoms with van der Waals surface area (Å²) in [6.07, 6.45) is 14.2. The Kier molecular flexibility index (Phi) is 9.37. The molecule has 4 N–H and O–H groups in total. The molecule has 2 rings (SSSR count). The molecule has 0 aromatic carbocycles. The van der Waals surface area contributed by atoms with Gasteiger partial charge in [0, 0.05) is 26.7 Å². The topological polar surface area (TPSA) is 76.4 Å². The van der Waals surface area contributed by atoms with Crippen LogP contribution < -0.4 is 16.4 Å². The van der Waals surface area contributed by atoms with E-state index >= 15 is 0 Å². The standard InChI is InChI=1S/C21H41N3O2/c1-23-20(25)21(22,12-11-17-7-4-3-5-8-17)16-18-9-6-10-19(15-18)24-13-14-26-2/h17-19,24H,3-16,22H2,1-2H3,(H,23,25)/t18-,19+,21+/m0/s1. The van der Waals surface area contributed by atoms with Crippen molar-refractivity contribution in [2.75, 3.05) is 27.3 Å². The summed E-state index contributed by atoms with van der Waals surface area (Å²) in [5.74, 6) is 1.34. The Hall–Kier alpha value is -0.650. The average molecular weight is 368 g/mol. The quantitative estimate of drug-likeness (QED) is 0.519. The van der Waals surface area contributed by atoms with Crippen molar-refractivity contribution in [3.63, 3.8) is 0 Å². The highest BCUT2D eigenvalue weighted by Gasteiger charge is 2.37. The van der Waals surface area contributed by atoms with Crippen LogP contribution in [0.1, 0.15) is 77.0 Å². The van der Waals surface area contributed by atoms with E-state index in [1.54, 1.807) is 14.2 Å². The van der Waals surface area contributed by atoms with Crippen LogP contribution in [0.5, 0.6) is 0 Å². The fourth-order valence-electron chi connectivity index (χ4n) is 5.04. The van der Waals surface area contributed by atoms with Crippen molar-refractivity contribution < 1.29 is 9.53 Å². The third-order valence-corrected chi connectivity index (χ3v) is 6.58. The second-order valence-corrected chi connectivity index (χ2v) is 8.66. The first-order chi connectivity index (χ1) is 12.6. The third-order valence-electron chi connectivity index (χ3n) is 6.58. The highest BCUT2D eigenvalue weighted by Crippen LogP contribution is 2.35. The van der Waals surface area contributed by atoms with Crippen molar-refractivity contribution >= 4 is 5.91 Å². The van der Waals surface area contributed by atoms with E-state index in [1.165, 1.54) is 51.4 Å². The lowest BCUT2D eigenvalue weighted by Crippen LogP contribution is -2.55. The zero-order valence-corrected chi connectivity index (χ0v) is 17.0. The predicted octanol–water partition coefficient (Wildman–Crippen LogP) is 2.98. The molecule has 0 radical (unpaired) electrons. The van der Waals surface area contributed by atoms with Crippen molar-refractivity contribution in [2.24, 2.45) is 17.6 Å². The summed E-state index contributed by atoms with van der Waals surface area (Å²) in [5, 5.41) is 6.44. The Morgan fingerprint density at radius 2 is 1.85 bits per heavy atom. The first-order valence-corrected chi connectivity index (χ1v) is 10.8. The van der Waals surface area contributed by atoms with E-state index in [0.29, 0.717) is 12.0 Å². The molecule has 0 aliphatic heterocycles. The van der Waals surface area contributed by atoms with Gasteiger partial charge in [0.1, 0.15) is 0 Å². The lowest BCUT2D eigenvalue weighted by Gasteiger charge is -2.37. The minimum absolute atomic E-state index is 0.0303. The van der Waals surface area contributed by atoms with Crippen molar-refractivity contribution in [3.05, 3.63) is 0 Å². The van der Waals surface area contributed by atoms with Crippen LogP contribution >= 0.6 is 0 Å². The molecule has 0 heterocycles. The van der Waals surface area contributed by atoms with Gasteiger partial charge in [-0.15, -0.1) is 0 Å². The lowest BCUT2D eigenvalue weighted by atomic mass is 9.74. The normalized spacial score (nSPS) is 27.0. The first kappa shape index (κ1) is 21.6. The molecule has 152 valence electrons. The molecule has 0 unspecified atom stereocenters. The minimum Gasteiger partial charge on any atom is -0.383 e. The predicted molar refractivity (Wildman–Crippen MR) is 107 cm³/mol. The molecule has 0 bridgehead atoms. The van der Waals surface area contributed by atoms with Gasteiger partial charge in [-0.1, -0.05) is 44.9 Å². The minimum atomic E-state index is -0.703. The van der Waals surface area contributed by atoms with E-state index in [4.69, 9.17) is 10.5 Å². The molecule has 0 aromatic rings. The Labute approximate surface area is 160 Å². The molecule has 1 amide bonds. The van der Waals surface area contributed by atoms with E-state index < -0.39 is 5.54 Å². The van der Waals surface area contributed by atoms with Gasteiger partial charge in [0.05, 0.1) is 12.1 Å². The van der Waals surface area contributed by atoms with Crippen LogP contribution in [0.2, 0.25) is 0 Å². The number of ether oxygens (including phenoxy) is 1. The largest absolute Gasteiger partial charge is 0.383 e. The van der Waals surface area contributed by atoms with Gasteiger partial charge in [-0.05, 0) is 43.9 Å². The van der Waals surface area contributed by atoms with Crippen LogP contribution in [-0.4, -0.2) is 44.8 Å². The van der Waals surface area contributed by atoms with Crippen molar-refractivity contribution in [1.82, 2.24) is 10.6 Å². The maximum absolute atomic E-state index is 12.6. The van der Waals surface area contributed by atoms with Gasteiger partial charge < -0.3 is 21.1 Å². The van der Waals surface area contributed by atoms with Gasteiger partial charge in [-0.3, -0.25) is 4.79 Å². The van der Waals surface area contributed by atoms with E-state index in [1.807, 2.05) is 0 Å². The zero-order chi connectivity index (χ0) is 18.8. The van der Waals surface area contributed by atoms with Crippen molar-refractivity contribution in [3.8, 4) is 0 Å². The number of methoxy groups -OCH3 is 1. The molecule has 26 heavy (non-hydrogen) atoms. The fourth-order valence-corrected chi connectivity index (χ4v) is 5.04. The number of rotatable bonds is 10. The second kappa shape index (κ2) is 11.3. The molecular weight excluding hydrogens is 326 g/mol. The number of amides is 1. The van der Waals surface area contributed by atoms with Crippen LogP contribution in [0.4, 0.5) is 0 Å². The third kappa shape index (κ3) is 6.82. The summed E-state index contributed by atoms with van der Waals surface area (Å²) < 4.78 is 5.14. The summed E-state index contributed by atoms with van der Waals surface area (Å²) in [6.45, 7) is 1.65. The highest BCUT2D eigenvalue weighted by atomic mass is 16.5. The summed E-state index contributed by atoms with van der Waals surface area (Å²) in [4.78, 5) is 12.6. The number of likely N-dealkylation sites (N-methyl/N-ethyl adjacent to an activating group) is 1. The van der Waals surface area contributed by atoms with Gasteiger partial charge in [0.15, 0.2) is 0 Å². The van der Waals surface area contributed by atoms with E-state index in [0.717, 1.165) is 44.8 Å². The zero-order valence-electron chi connectivity index (χ0n) is 17.0. The number of hydrogen-bond donors (Lipinski definition) is 3. The van der Waals surface area contributed by atoms with E-state index in [2.05, 4.69) is 10.6 Å². The molecule has 5 heteroatoms. The maximum Gasteiger partial charge on any atom is 0.239 e. The molecule has 2 saturated carbocycles. The monoisotopic (exact) mass is 367 g/mol. The molecule has 2 aliphatic rings. The number of nitrogens with two attached hydrogens (primary N) is 1. The van der Waals surface area contributed by atoms with E-state index in [-0.39, 0.29) is 5.91 Å². The van der Waals surface area contributed by atoms with Gasteiger partial charge in [-0.2, -0.15) is 0 Å². The Balaban J connectivity index is 1.87. The SMILES string of the molecule is CNC(=O)[C@@](N)(CCC1CCCCC1)C[C@H]1CCC[C@@H](NCCOC)C1. The van der Waals surface area contributed by atoms with Crippen LogP contribution in [0.15, 0.2) is 0 Å². The van der Waals surface area contributed by atoms with Crippen LogP contribution in [0.3, 0.4) is 0 Å². The first-order valence-electron chi connectivity index (χ1n) is 10.8. The molecule has 0 spiro atoms. The molecule has 0 aromatic heterocycles. The van der Waals surface area contributed by atoms with Crippen molar-refractivity contribution in [1.29, 1.82) is 0 Å². The Morgan fingerprint density at radius 3 is 2.54 bits per heavy atom. The Bertz CT molecular complexity index is 412. The molecule has 0 saturated heterocycles. The highest BCUT2D eigenvalue weighted by molar-refractivity contribution is 5.85. The van der Waals surface area contributed by atoms with Crippen LogP contribution in [0.25, 0.3) is 0 Å². The smallest absolute Gasteiger partial charge is 0.239 e. The summed E-state index contributed by atoms with van der Waals surface area (Å²) in [7, 11) is 3.46.